The molecule has 38 heavy (non-hydrogen) atoms. The van der Waals surface area contributed by atoms with Crippen LogP contribution in [0.3, 0.4) is 0 Å². The number of alkyl halides is 4. The molecule has 2 aromatic carbocycles. The number of H-pyrrole nitrogens is 1. The van der Waals surface area contributed by atoms with E-state index in [1.165, 1.54) is 29.4 Å². The maximum Gasteiger partial charge on any atom is 0.417 e. The Morgan fingerprint density at radius 1 is 1.08 bits per heavy atom. The number of nitrogens with two attached hydrogens (primary N) is 1. The van der Waals surface area contributed by atoms with E-state index >= 15 is 0 Å². The highest BCUT2D eigenvalue weighted by Gasteiger charge is 2.40. The summed E-state index contributed by atoms with van der Waals surface area (Å²) in [5.41, 5.74) is 3.87. The lowest BCUT2D eigenvalue weighted by Gasteiger charge is -2.27. The third-order valence-corrected chi connectivity index (χ3v) is 6.40. The highest BCUT2D eigenvalue weighted by atomic mass is 19.4. The Kier molecular flexibility index (Phi) is 5.29. The van der Waals surface area contributed by atoms with E-state index in [9.17, 15) is 26.7 Å². The van der Waals surface area contributed by atoms with Crippen molar-refractivity contribution < 1.29 is 22.0 Å². The van der Waals surface area contributed by atoms with Crippen molar-refractivity contribution in [2.75, 3.05) is 17.2 Å². The number of halogens is 5. The first kappa shape index (κ1) is 23.8. The van der Waals surface area contributed by atoms with E-state index in [1.54, 1.807) is 0 Å². The molecule has 194 valence electrons. The molecule has 0 saturated carbocycles. The average Bonchev–Trinajstić information content (AvgIpc) is 3.48. The van der Waals surface area contributed by atoms with E-state index in [0.717, 1.165) is 28.8 Å². The molecule has 1 saturated heterocycles. The summed E-state index contributed by atoms with van der Waals surface area (Å²) in [4.78, 5) is 34.9. The third-order valence-electron chi connectivity index (χ3n) is 6.40. The lowest BCUT2D eigenvalue weighted by atomic mass is 10.1. The normalized spacial score (nSPS) is 18.1. The van der Waals surface area contributed by atoms with Gasteiger partial charge in [0.25, 0.3) is 5.56 Å². The molecule has 3 N–H and O–H groups in total. The number of nitrogens with one attached hydrogen (secondary N) is 1. The van der Waals surface area contributed by atoms with Gasteiger partial charge in [-0.3, -0.25) is 9.36 Å². The Balaban J connectivity index is 1.66. The van der Waals surface area contributed by atoms with Crippen LogP contribution in [0.1, 0.15) is 23.9 Å². The standard InChI is InChI=1S/C24H17F5N8O/c25-11-3-1-4-13(7-11)37-20(33-15-6-2-5-14(24(27,28)29)17(15)22(37)38)16-8-12(26)9-36(16)21-18-19(32-10-31-18)34-23(30)35-21/h1-7,10,12,16H,8-9H2,(H3,30,31,32,34,35)/t12-,16-/m0/s1. The zero-order valence-corrected chi connectivity index (χ0v) is 19.2. The van der Waals surface area contributed by atoms with Crippen LogP contribution in [-0.4, -0.2) is 42.2 Å². The van der Waals surface area contributed by atoms with Crippen LogP contribution in [0.15, 0.2) is 53.6 Å². The first-order chi connectivity index (χ1) is 18.1. The fourth-order valence-corrected chi connectivity index (χ4v) is 4.88. The molecule has 1 fully saturated rings. The van der Waals surface area contributed by atoms with Crippen molar-refractivity contribution in [3.8, 4) is 5.69 Å². The molecule has 0 amide bonds. The Morgan fingerprint density at radius 3 is 2.63 bits per heavy atom. The van der Waals surface area contributed by atoms with E-state index in [1.807, 2.05) is 0 Å². The first-order valence-electron chi connectivity index (χ1n) is 11.4. The molecule has 4 heterocycles. The van der Waals surface area contributed by atoms with Crippen LogP contribution in [0, 0.1) is 5.82 Å². The Morgan fingerprint density at radius 2 is 1.87 bits per heavy atom. The zero-order chi connectivity index (χ0) is 26.8. The number of nitrogens with zero attached hydrogens (tertiary/aromatic N) is 6. The SMILES string of the molecule is Nc1nc(N2C[C@@H](F)C[C@H]2c2nc3cccc(C(F)(F)F)c3c(=O)n2-c2cccc(F)c2)c2[nH]cnc2n1. The topological polar surface area (TPSA) is 119 Å². The fourth-order valence-electron chi connectivity index (χ4n) is 4.88. The molecular formula is C24H17F5N8O. The predicted octanol–water partition coefficient (Wildman–Crippen LogP) is 4.08. The summed E-state index contributed by atoms with van der Waals surface area (Å²) in [6.07, 6.45) is -5.08. The monoisotopic (exact) mass is 528 g/mol. The number of anilines is 2. The molecule has 1 aliphatic rings. The predicted molar refractivity (Wildman–Crippen MR) is 128 cm³/mol. The molecule has 0 radical (unpaired) electrons. The van der Waals surface area contributed by atoms with Gasteiger partial charge in [-0.1, -0.05) is 12.1 Å². The van der Waals surface area contributed by atoms with Gasteiger partial charge in [-0.25, -0.2) is 18.7 Å². The summed E-state index contributed by atoms with van der Waals surface area (Å²) < 4.78 is 71.7. The second-order valence-corrected chi connectivity index (χ2v) is 8.80. The minimum atomic E-state index is -4.85. The Bertz CT molecular complexity index is 1770. The highest BCUT2D eigenvalue weighted by Crippen LogP contribution is 2.40. The largest absolute Gasteiger partial charge is 0.417 e. The van der Waals surface area contributed by atoms with Gasteiger partial charge in [-0.2, -0.15) is 23.1 Å². The van der Waals surface area contributed by atoms with E-state index in [0.29, 0.717) is 5.52 Å². The van der Waals surface area contributed by atoms with E-state index in [2.05, 4.69) is 24.9 Å². The lowest BCUT2D eigenvalue weighted by molar-refractivity contribution is -0.136. The minimum Gasteiger partial charge on any atom is -0.368 e. The van der Waals surface area contributed by atoms with Crippen molar-refractivity contribution in [2.24, 2.45) is 0 Å². The number of benzene rings is 2. The van der Waals surface area contributed by atoms with Crippen LogP contribution in [0.25, 0.3) is 27.8 Å². The number of hydrogen-bond acceptors (Lipinski definition) is 7. The highest BCUT2D eigenvalue weighted by molar-refractivity contribution is 5.85. The number of hydrogen-bond donors (Lipinski definition) is 2. The van der Waals surface area contributed by atoms with Crippen LogP contribution in [-0.2, 0) is 6.18 Å². The summed E-state index contributed by atoms with van der Waals surface area (Å²) in [7, 11) is 0. The molecule has 9 nitrogen and oxygen atoms in total. The molecule has 14 heteroatoms. The van der Waals surface area contributed by atoms with E-state index in [-0.39, 0.29) is 47.4 Å². The van der Waals surface area contributed by atoms with Crippen molar-refractivity contribution in [1.29, 1.82) is 0 Å². The van der Waals surface area contributed by atoms with Crippen molar-refractivity contribution in [3.05, 3.63) is 76.4 Å². The summed E-state index contributed by atoms with van der Waals surface area (Å²) >= 11 is 0. The molecule has 3 aromatic heterocycles. The maximum absolute atomic E-state index is 15.0. The molecule has 5 aromatic rings. The van der Waals surface area contributed by atoms with Crippen LogP contribution in [0.5, 0.6) is 0 Å². The van der Waals surface area contributed by atoms with Gasteiger partial charge in [0.15, 0.2) is 11.5 Å². The number of aromatic amines is 1. The quantitative estimate of drug-likeness (QED) is 0.339. The summed E-state index contributed by atoms with van der Waals surface area (Å²) in [5.74, 6) is -0.764. The number of nitrogen functional groups attached to an aromatic ring is 1. The maximum atomic E-state index is 15.0. The number of fused-ring (bicyclic) bond motifs is 2. The minimum absolute atomic E-state index is 0.0625. The van der Waals surface area contributed by atoms with Crippen molar-refractivity contribution in [1.82, 2.24) is 29.5 Å². The molecule has 0 aliphatic carbocycles. The van der Waals surface area contributed by atoms with Gasteiger partial charge in [0.05, 0.1) is 41.1 Å². The fraction of sp³-hybridized carbons (Fsp3) is 0.208. The number of aromatic nitrogens is 6. The van der Waals surface area contributed by atoms with Crippen LogP contribution in [0.2, 0.25) is 0 Å². The van der Waals surface area contributed by atoms with Gasteiger partial charge in [0.1, 0.15) is 23.3 Å². The number of rotatable bonds is 3. The molecule has 6 rings (SSSR count). The van der Waals surface area contributed by atoms with Gasteiger partial charge < -0.3 is 15.6 Å². The molecule has 2 atom stereocenters. The Hall–Kier alpha value is -4.62. The van der Waals surface area contributed by atoms with E-state index in [4.69, 9.17) is 5.73 Å². The van der Waals surface area contributed by atoms with Crippen molar-refractivity contribution >= 4 is 33.8 Å². The van der Waals surface area contributed by atoms with Gasteiger partial charge in [0, 0.05) is 6.42 Å². The third kappa shape index (κ3) is 3.79. The van der Waals surface area contributed by atoms with Crippen LogP contribution < -0.4 is 16.2 Å². The van der Waals surface area contributed by atoms with Crippen LogP contribution >= 0.6 is 0 Å². The van der Waals surface area contributed by atoms with Gasteiger partial charge in [-0.15, -0.1) is 0 Å². The average molecular weight is 528 g/mol. The van der Waals surface area contributed by atoms with Crippen LogP contribution in [0.4, 0.5) is 33.7 Å². The zero-order valence-electron chi connectivity index (χ0n) is 19.2. The molecule has 0 unspecified atom stereocenters. The summed E-state index contributed by atoms with van der Waals surface area (Å²) in [6, 6.07) is 6.99. The van der Waals surface area contributed by atoms with Crippen molar-refractivity contribution in [3.63, 3.8) is 0 Å². The molecular weight excluding hydrogens is 511 g/mol. The van der Waals surface area contributed by atoms with Gasteiger partial charge in [-0.05, 0) is 30.3 Å². The van der Waals surface area contributed by atoms with Crippen molar-refractivity contribution in [2.45, 2.75) is 24.8 Å². The number of imidazole rings is 1. The molecule has 0 bridgehead atoms. The molecule has 1 aliphatic heterocycles. The second-order valence-electron chi connectivity index (χ2n) is 8.80. The Labute approximate surface area is 209 Å². The van der Waals surface area contributed by atoms with E-state index < -0.39 is 40.7 Å². The van der Waals surface area contributed by atoms with Gasteiger partial charge in [0.2, 0.25) is 5.95 Å². The smallest absolute Gasteiger partial charge is 0.368 e. The second kappa shape index (κ2) is 8.46. The van der Waals surface area contributed by atoms with Gasteiger partial charge >= 0.3 is 6.18 Å². The molecule has 0 spiro atoms. The summed E-state index contributed by atoms with van der Waals surface area (Å²) in [6.45, 7) is -0.186. The lowest BCUT2D eigenvalue weighted by Crippen LogP contribution is -2.33. The first-order valence-corrected chi connectivity index (χ1v) is 11.4. The summed E-state index contributed by atoms with van der Waals surface area (Å²) in [5, 5.41) is -0.684.